The molecule has 0 aliphatic heterocycles. The van der Waals surface area contributed by atoms with Gasteiger partial charge in [0.2, 0.25) is 5.91 Å². The van der Waals surface area contributed by atoms with Gasteiger partial charge in [-0.2, -0.15) is 0 Å². The lowest BCUT2D eigenvalue weighted by Crippen LogP contribution is -2.49. The minimum atomic E-state index is -1.26. The van der Waals surface area contributed by atoms with Crippen molar-refractivity contribution in [3.8, 4) is 11.1 Å². The molecule has 3 nitrogen and oxygen atoms in total. The zero-order chi connectivity index (χ0) is 14.3. The largest absolute Gasteiger partial charge is 0.367 e. The van der Waals surface area contributed by atoms with Crippen molar-refractivity contribution in [2.24, 2.45) is 11.5 Å². The molecule has 1 atom stereocenters. The van der Waals surface area contributed by atoms with E-state index in [0.717, 1.165) is 27.8 Å². The second-order valence-corrected chi connectivity index (χ2v) is 5.05. The van der Waals surface area contributed by atoms with Crippen LogP contribution in [0.25, 0.3) is 11.1 Å². The predicted molar refractivity (Wildman–Crippen MR) is 79.9 cm³/mol. The van der Waals surface area contributed by atoms with E-state index in [1.807, 2.05) is 42.5 Å². The highest BCUT2D eigenvalue weighted by molar-refractivity contribution is 5.99. The molecule has 4 N–H and O–H groups in total. The van der Waals surface area contributed by atoms with Gasteiger partial charge in [-0.1, -0.05) is 48.5 Å². The minimum Gasteiger partial charge on any atom is -0.367 e. The summed E-state index contributed by atoms with van der Waals surface area (Å²) in [5.41, 5.74) is 15.4. The number of carbonyl (C=O) groups excluding carboxylic acids is 1. The molecule has 2 aromatic carbocycles. The topological polar surface area (TPSA) is 69.1 Å². The van der Waals surface area contributed by atoms with Crippen LogP contribution < -0.4 is 11.5 Å². The van der Waals surface area contributed by atoms with Gasteiger partial charge in [0.05, 0.1) is 0 Å². The van der Waals surface area contributed by atoms with E-state index in [-0.39, 0.29) is 0 Å². The quantitative estimate of drug-likeness (QED) is 0.833. The Morgan fingerprint density at radius 1 is 1.15 bits per heavy atom. The number of allylic oxidation sites excluding steroid dienone is 1. The minimum absolute atomic E-state index is 0.528. The highest BCUT2D eigenvalue weighted by atomic mass is 16.1. The molecular formula is C17H16N2O. The highest BCUT2D eigenvalue weighted by Crippen LogP contribution is 2.47. The third-order valence-electron chi connectivity index (χ3n) is 3.94. The van der Waals surface area contributed by atoms with Crippen LogP contribution in [0.5, 0.6) is 0 Å². The van der Waals surface area contributed by atoms with E-state index in [4.69, 9.17) is 11.5 Å². The van der Waals surface area contributed by atoms with Gasteiger partial charge in [-0.15, -0.1) is 6.58 Å². The molecule has 0 bridgehead atoms. The van der Waals surface area contributed by atoms with E-state index in [1.54, 1.807) is 6.08 Å². The first-order valence-electron chi connectivity index (χ1n) is 6.52. The van der Waals surface area contributed by atoms with Gasteiger partial charge < -0.3 is 11.5 Å². The zero-order valence-electron chi connectivity index (χ0n) is 11.1. The molecule has 0 saturated heterocycles. The number of fused-ring (bicyclic) bond motifs is 3. The molecule has 1 aliphatic carbocycles. The predicted octanol–water partition coefficient (Wildman–Crippen LogP) is 2.08. The van der Waals surface area contributed by atoms with Crippen molar-refractivity contribution in [1.29, 1.82) is 0 Å². The molecule has 0 fully saturated rings. The van der Waals surface area contributed by atoms with E-state index in [2.05, 4.69) is 6.58 Å². The Balaban J connectivity index is 2.40. The fraction of sp³-hybridized carbons (Fsp3) is 0.118. The van der Waals surface area contributed by atoms with Crippen LogP contribution in [0.2, 0.25) is 0 Å². The van der Waals surface area contributed by atoms with Gasteiger partial charge in [-0.25, -0.2) is 0 Å². The molecule has 0 spiro atoms. The Labute approximate surface area is 117 Å². The molecule has 0 aromatic heterocycles. The van der Waals surface area contributed by atoms with E-state index in [1.165, 1.54) is 0 Å². The summed E-state index contributed by atoms with van der Waals surface area (Å²) in [4.78, 5) is 12.1. The van der Waals surface area contributed by atoms with Gasteiger partial charge >= 0.3 is 0 Å². The van der Waals surface area contributed by atoms with Crippen LogP contribution in [0.1, 0.15) is 16.7 Å². The van der Waals surface area contributed by atoms with Crippen LogP contribution in [-0.2, 0) is 16.8 Å². The van der Waals surface area contributed by atoms with Crippen molar-refractivity contribution < 1.29 is 4.79 Å². The van der Waals surface area contributed by atoms with E-state index in [0.29, 0.717) is 6.42 Å². The summed E-state index contributed by atoms with van der Waals surface area (Å²) in [6.07, 6.45) is 2.46. The second kappa shape index (κ2) is 4.32. The normalized spacial score (nSPS) is 19.2. The molecular weight excluding hydrogens is 248 g/mol. The van der Waals surface area contributed by atoms with E-state index < -0.39 is 11.4 Å². The summed E-state index contributed by atoms with van der Waals surface area (Å²) in [7, 11) is 0. The van der Waals surface area contributed by atoms with Crippen molar-refractivity contribution in [1.82, 2.24) is 0 Å². The number of primary amides is 1. The summed E-state index contributed by atoms with van der Waals surface area (Å²) in [6, 6.07) is 13.6. The molecule has 2 aromatic rings. The first-order valence-corrected chi connectivity index (χ1v) is 6.52. The number of hydrogen-bond acceptors (Lipinski definition) is 2. The van der Waals surface area contributed by atoms with Crippen LogP contribution in [0.3, 0.4) is 0 Å². The molecule has 20 heavy (non-hydrogen) atoms. The number of amides is 1. The highest BCUT2D eigenvalue weighted by Gasteiger charge is 2.45. The maximum Gasteiger partial charge on any atom is 0.246 e. The number of hydrogen-bond donors (Lipinski definition) is 2. The molecule has 3 rings (SSSR count). The molecule has 3 heteroatoms. The summed E-state index contributed by atoms with van der Waals surface area (Å²) in [5.74, 6) is -0.528. The summed E-state index contributed by atoms with van der Waals surface area (Å²) < 4.78 is 0. The molecule has 1 amide bonds. The van der Waals surface area contributed by atoms with Crippen molar-refractivity contribution in [2.75, 3.05) is 0 Å². The van der Waals surface area contributed by atoms with E-state index >= 15 is 0 Å². The standard InChI is InChI=1S/C17H16N2O/c1-2-6-11-7-5-9-13-12-8-3-4-10-14(12)17(19,15(11)13)16(18)20/h2-5,7-10H,1,6,19H2,(H2,18,20). The molecule has 0 heterocycles. The van der Waals surface area contributed by atoms with E-state index in [9.17, 15) is 4.79 Å². The maximum absolute atomic E-state index is 12.1. The Morgan fingerprint density at radius 3 is 2.55 bits per heavy atom. The SMILES string of the molecule is C=CCc1cccc2c1C(N)(C(N)=O)c1ccccc1-2. The van der Waals surface area contributed by atoms with Gasteiger partial charge in [0.15, 0.2) is 0 Å². The molecule has 1 unspecified atom stereocenters. The lowest BCUT2D eigenvalue weighted by Gasteiger charge is -2.25. The monoisotopic (exact) mass is 264 g/mol. The average Bonchev–Trinajstić information content (AvgIpc) is 2.72. The lowest BCUT2D eigenvalue weighted by molar-refractivity contribution is -0.121. The number of carbonyl (C=O) groups is 1. The molecule has 100 valence electrons. The molecule has 0 saturated carbocycles. The van der Waals surface area contributed by atoms with Crippen LogP contribution in [0, 0.1) is 0 Å². The average molecular weight is 264 g/mol. The van der Waals surface area contributed by atoms with Gasteiger partial charge in [-0.05, 0) is 34.2 Å². The third-order valence-corrected chi connectivity index (χ3v) is 3.94. The molecule has 0 radical (unpaired) electrons. The van der Waals surface area contributed by atoms with Gasteiger partial charge in [0.1, 0.15) is 5.54 Å². The van der Waals surface area contributed by atoms with Crippen LogP contribution in [0.15, 0.2) is 55.1 Å². The van der Waals surface area contributed by atoms with Crippen molar-refractivity contribution >= 4 is 5.91 Å². The fourth-order valence-electron chi connectivity index (χ4n) is 3.07. The Kier molecular flexibility index (Phi) is 2.73. The smallest absolute Gasteiger partial charge is 0.246 e. The Bertz CT molecular complexity index is 721. The van der Waals surface area contributed by atoms with Crippen molar-refractivity contribution in [3.63, 3.8) is 0 Å². The van der Waals surface area contributed by atoms with Crippen LogP contribution in [0.4, 0.5) is 0 Å². The summed E-state index contributed by atoms with van der Waals surface area (Å²) >= 11 is 0. The van der Waals surface area contributed by atoms with Crippen LogP contribution in [-0.4, -0.2) is 5.91 Å². The molecule has 1 aliphatic rings. The first kappa shape index (κ1) is 12.6. The third kappa shape index (κ3) is 1.47. The summed E-state index contributed by atoms with van der Waals surface area (Å²) in [5, 5.41) is 0. The number of nitrogens with two attached hydrogens (primary N) is 2. The fourth-order valence-corrected chi connectivity index (χ4v) is 3.07. The van der Waals surface area contributed by atoms with Gasteiger partial charge in [-0.3, -0.25) is 4.79 Å². The Hall–Kier alpha value is -2.39. The van der Waals surface area contributed by atoms with Gasteiger partial charge in [0.25, 0.3) is 0 Å². The number of rotatable bonds is 3. The van der Waals surface area contributed by atoms with Crippen LogP contribution >= 0.6 is 0 Å². The first-order chi connectivity index (χ1) is 9.60. The number of benzene rings is 2. The van der Waals surface area contributed by atoms with Crippen molar-refractivity contribution in [2.45, 2.75) is 12.0 Å². The summed E-state index contributed by atoms with van der Waals surface area (Å²) in [6.45, 7) is 3.77. The lowest BCUT2D eigenvalue weighted by atomic mass is 9.84. The maximum atomic E-state index is 12.1. The zero-order valence-corrected chi connectivity index (χ0v) is 11.1. The van der Waals surface area contributed by atoms with Gasteiger partial charge in [0, 0.05) is 0 Å². The Morgan fingerprint density at radius 2 is 1.85 bits per heavy atom. The second-order valence-electron chi connectivity index (χ2n) is 5.05. The van der Waals surface area contributed by atoms with Crippen molar-refractivity contribution in [3.05, 3.63) is 71.8 Å².